The first-order valence-corrected chi connectivity index (χ1v) is 9.03. The highest BCUT2D eigenvalue weighted by Gasteiger charge is 2.13. The van der Waals surface area contributed by atoms with Gasteiger partial charge in [0.15, 0.2) is 6.61 Å². The zero-order chi connectivity index (χ0) is 19.6. The van der Waals surface area contributed by atoms with Gasteiger partial charge in [-0.1, -0.05) is 37.6 Å². The average Bonchev–Trinajstić information content (AvgIpc) is 2.68. The molecule has 0 aromatic heterocycles. The van der Waals surface area contributed by atoms with Crippen LogP contribution in [0, 0.1) is 13.8 Å². The lowest BCUT2D eigenvalue weighted by atomic mass is 10.1. The summed E-state index contributed by atoms with van der Waals surface area (Å²) in [6, 6.07) is 12.6. The summed E-state index contributed by atoms with van der Waals surface area (Å²) in [4.78, 5) is 24.3. The quantitative estimate of drug-likeness (QED) is 0.552. The summed E-state index contributed by atoms with van der Waals surface area (Å²) in [6.45, 7) is 6.32. The molecule has 0 atom stereocenters. The molecule has 0 bridgehead atoms. The second kappa shape index (κ2) is 10.2. The Morgan fingerprint density at radius 3 is 2.44 bits per heavy atom. The van der Waals surface area contributed by atoms with Gasteiger partial charge in [-0.3, -0.25) is 20.4 Å². The lowest BCUT2D eigenvalue weighted by molar-refractivity contribution is -0.123. The summed E-state index contributed by atoms with van der Waals surface area (Å²) in [6.07, 6.45) is 1.91. The molecule has 0 fully saturated rings. The fraction of sp³-hybridized carbons (Fsp3) is 0.333. The molecule has 0 aliphatic rings. The van der Waals surface area contributed by atoms with E-state index in [4.69, 9.17) is 9.47 Å². The van der Waals surface area contributed by atoms with Gasteiger partial charge < -0.3 is 9.47 Å². The third-order valence-corrected chi connectivity index (χ3v) is 4.12. The summed E-state index contributed by atoms with van der Waals surface area (Å²) in [5.41, 5.74) is 7.18. The number of ether oxygens (including phenoxy) is 2. The molecule has 2 amide bonds. The maximum Gasteiger partial charge on any atom is 0.276 e. The van der Waals surface area contributed by atoms with Crippen LogP contribution in [0.1, 0.15) is 41.3 Å². The highest BCUT2D eigenvalue weighted by atomic mass is 16.5. The molecular weight excluding hydrogens is 344 g/mol. The van der Waals surface area contributed by atoms with Gasteiger partial charge in [-0.2, -0.15) is 0 Å². The zero-order valence-corrected chi connectivity index (χ0v) is 16.0. The highest BCUT2D eigenvalue weighted by molar-refractivity contribution is 5.97. The highest BCUT2D eigenvalue weighted by Crippen LogP contribution is 2.20. The van der Waals surface area contributed by atoms with Gasteiger partial charge in [-0.15, -0.1) is 0 Å². The molecule has 0 saturated heterocycles. The van der Waals surface area contributed by atoms with E-state index in [1.54, 1.807) is 30.3 Å². The molecule has 0 heterocycles. The lowest BCUT2D eigenvalue weighted by Crippen LogP contribution is -2.44. The molecule has 0 unspecified atom stereocenters. The Morgan fingerprint density at radius 1 is 0.926 bits per heavy atom. The molecule has 6 nitrogen and oxygen atoms in total. The molecule has 6 heteroatoms. The predicted octanol–water partition coefficient (Wildman–Crippen LogP) is 3.32. The van der Waals surface area contributed by atoms with Crippen LogP contribution in [-0.2, 0) is 4.79 Å². The Balaban J connectivity index is 1.86. The molecule has 2 N–H and O–H groups in total. The number of unbranched alkanes of at least 4 members (excludes halogenated alkanes) is 1. The summed E-state index contributed by atoms with van der Waals surface area (Å²) in [5.74, 6) is 0.242. The van der Waals surface area contributed by atoms with Crippen molar-refractivity contribution in [2.45, 2.75) is 33.6 Å². The molecule has 27 heavy (non-hydrogen) atoms. The first-order chi connectivity index (χ1) is 13.0. The number of hydrazine groups is 1. The van der Waals surface area contributed by atoms with Crippen molar-refractivity contribution in [2.24, 2.45) is 0 Å². The molecule has 0 aliphatic carbocycles. The Morgan fingerprint density at radius 2 is 1.67 bits per heavy atom. The molecule has 144 valence electrons. The summed E-state index contributed by atoms with van der Waals surface area (Å²) in [7, 11) is 0. The first-order valence-electron chi connectivity index (χ1n) is 9.03. The van der Waals surface area contributed by atoms with E-state index in [0.717, 1.165) is 24.0 Å². The van der Waals surface area contributed by atoms with Crippen LogP contribution in [0.3, 0.4) is 0 Å². The number of carbonyl (C=O) groups excluding carboxylic acids is 2. The first kappa shape index (κ1) is 20.3. The van der Waals surface area contributed by atoms with Gasteiger partial charge in [0.05, 0.1) is 12.2 Å². The van der Waals surface area contributed by atoms with Crippen LogP contribution in [0.5, 0.6) is 11.5 Å². The van der Waals surface area contributed by atoms with Crippen molar-refractivity contribution in [1.29, 1.82) is 0 Å². The van der Waals surface area contributed by atoms with Gasteiger partial charge in [-0.05, 0) is 49.6 Å². The third-order valence-electron chi connectivity index (χ3n) is 4.12. The van der Waals surface area contributed by atoms with Gasteiger partial charge in [-0.25, -0.2) is 0 Å². The van der Waals surface area contributed by atoms with Crippen LogP contribution in [0.4, 0.5) is 0 Å². The van der Waals surface area contributed by atoms with Gasteiger partial charge in [0, 0.05) is 0 Å². The maximum atomic E-state index is 12.3. The Bertz CT molecular complexity index is 790. The number of rotatable bonds is 8. The average molecular weight is 370 g/mol. The van der Waals surface area contributed by atoms with Crippen molar-refractivity contribution >= 4 is 11.8 Å². The molecule has 0 spiro atoms. The summed E-state index contributed by atoms with van der Waals surface area (Å²) < 4.78 is 11.2. The van der Waals surface area contributed by atoms with Crippen molar-refractivity contribution in [3.8, 4) is 11.5 Å². The van der Waals surface area contributed by atoms with Crippen LogP contribution in [-0.4, -0.2) is 25.0 Å². The van der Waals surface area contributed by atoms with Crippen LogP contribution in [0.15, 0.2) is 42.5 Å². The fourth-order valence-corrected chi connectivity index (χ4v) is 2.36. The molecule has 0 radical (unpaired) electrons. The molecule has 2 rings (SSSR count). The van der Waals surface area contributed by atoms with Gasteiger partial charge in [0.1, 0.15) is 11.5 Å². The monoisotopic (exact) mass is 370 g/mol. The van der Waals surface area contributed by atoms with E-state index in [1.165, 1.54) is 0 Å². The number of hydrogen-bond donors (Lipinski definition) is 2. The van der Waals surface area contributed by atoms with Crippen molar-refractivity contribution in [3.05, 3.63) is 59.2 Å². The number of nitrogens with one attached hydrogen (secondary N) is 2. The number of aryl methyl sites for hydroxylation is 1. The predicted molar refractivity (Wildman–Crippen MR) is 104 cm³/mol. The molecule has 2 aromatic rings. The second-order valence-corrected chi connectivity index (χ2v) is 6.19. The summed E-state index contributed by atoms with van der Waals surface area (Å²) in [5, 5.41) is 0. The smallest absolute Gasteiger partial charge is 0.276 e. The molecule has 2 aromatic carbocycles. The Labute approximate surface area is 159 Å². The lowest BCUT2D eigenvalue weighted by Gasteiger charge is -2.13. The minimum absolute atomic E-state index is 0.195. The third kappa shape index (κ3) is 6.02. The van der Waals surface area contributed by atoms with Crippen molar-refractivity contribution in [3.63, 3.8) is 0 Å². The topological polar surface area (TPSA) is 76.7 Å². The van der Waals surface area contributed by atoms with E-state index in [9.17, 15) is 9.59 Å². The molecular formula is C21H26N2O4. The second-order valence-electron chi connectivity index (χ2n) is 6.19. The van der Waals surface area contributed by atoms with E-state index >= 15 is 0 Å². The Hall–Kier alpha value is -3.02. The normalized spacial score (nSPS) is 10.2. The fourth-order valence-electron chi connectivity index (χ4n) is 2.36. The van der Waals surface area contributed by atoms with Crippen LogP contribution in [0.2, 0.25) is 0 Å². The van der Waals surface area contributed by atoms with E-state index in [-0.39, 0.29) is 6.61 Å². The number of hydrogen-bond acceptors (Lipinski definition) is 4. The van der Waals surface area contributed by atoms with Crippen LogP contribution < -0.4 is 20.3 Å². The van der Waals surface area contributed by atoms with Crippen molar-refractivity contribution < 1.29 is 19.1 Å². The maximum absolute atomic E-state index is 12.3. The van der Waals surface area contributed by atoms with Gasteiger partial charge in [0.2, 0.25) is 0 Å². The van der Waals surface area contributed by atoms with Crippen LogP contribution in [0.25, 0.3) is 0 Å². The summed E-state index contributed by atoms with van der Waals surface area (Å²) >= 11 is 0. The van der Waals surface area contributed by atoms with E-state index in [1.807, 2.05) is 26.0 Å². The zero-order valence-electron chi connectivity index (χ0n) is 16.0. The van der Waals surface area contributed by atoms with Gasteiger partial charge in [0.25, 0.3) is 11.8 Å². The standard InChI is InChI=1S/C21H26N2O4/c1-4-5-13-26-19-11-7-6-10-17(19)21(25)23-22-20(24)14-27-18-12-8-9-15(2)16(18)3/h6-12H,4-5,13-14H2,1-3H3,(H,22,24)(H,23,25). The number of benzene rings is 2. The van der Waals surface area contributed by atoms with Crippen molar-refractivity contribution in [1.82, 2.24) is 10.9 Å². The minimum Gasteiger partial charge on any atom is -0.493 e. The molecule has 0 aliphatic heterocycles. The van der Waals surface area contributed by atoms with E-state index in [2.05, 4.69) is 17.8 Å². The largest absolute Gasteiger partial charge is 0.493 e. The van der Waals surface area contributed by atoms with Gasteiger partial charge >= 0.3 is 0 Å². The van der Waals surface area contributed by atoms with Crippen molar-refractivity contribution in [2.75, 3.05) is 13.2 Å². The van der Waals surface area contributed by atoms with Crippen LogP contribution >= 0.6 is 0 Å². The SMILES string of the molecule is CCCCOc1ccccc1C(=O)NNC(=O)COc1cccc(C)c1C. The number of amides is 2. The Kier molecular flexibility index (Phi) is 7.67. The minimum atomic E-state index is -0.450. The molecule has 0 saturated carbocycles. The van der Waals surface area contributed by atoms with E-state index in [0.29, 0.717) is 23.7 Å². The van der Waals surface area contributed by atoms with E-state index < -0.39 is 11.8 Å². The number of carbonyl (C=O) groups is 2. The number of para-hydroxylation sites is 1.